The number of methoxy groups -OCH3 is 2. The Bertz CT molecular complexity index is 372. The molecule has 1 rings (SSSR count). The third kappa shape index (κ3) is 3.27. The number of hydrogen-bond acceptors (Lipinski definition) is 2. The van der Waals surface area contributed by atoms with Crippen LogP contribution in [0.2, 0.25) is 0 Å². The van der Waals surface area contributed by atoms with Crippen LogP contribution >= 0.6 is 15.9 Å². The molecule has 0 N–H and O–H groups in total. The topological polar surface area (TPSA) is 18.5 Å². The van der Waals surface area contributed by atoms with E-state index < -0.39 is 0 Å². The molecule has 0 aliphatic carbocycles. The number of hydrogen-bond donors (Lipinski definition) is 0. The molecule has 0 atom stereocenters. The number of alkyl halides is 1. The van der Waals surface area contributed by atoms with Crippen molar-refractivity contribution in [2.75, 3.05) is 19.5 Å². The van der Waals surface area contributed by atoms with E-state index in [1.807, 2.05) is 18.2 Å². The average molecular weight is 285 g/mol. The summed E-state index contributed by atoms with van der Waals surface area (Å²) in [6, 6.07) is 5.97. The molecule has 0 saturated heterocycles. The lowest BCUT2D eigenvalue weighted by atomic mass is 10.1. The minimum Gasteiger partial charge on any atom is -0.493 e. The standard InChI is InChI=1S/C13H17BrO2/c1-10(5-4-8-14)11-6-7-12(15-2)13(9-11)16-3/h5-7,9H,4,8H2,1-3H3. The monoisotopic (exact) mass is 284 g/mol. The third-order valence-corrected chi connectivity index (χ3v) is 2.86. The van der Waals surface area contributed by atoms with E-state index in [-0.39, 0.29) is 0 Å². The summed E-state index contributed by atoms with van der Waals surface area (Å²) in [6.45, 7) is 2.10. The average Bonchev–Trinajstić information content (AvgIpc) is 2.34. The number of allylic oxidation sites excluding steroid dienone is 2. The van der Waals surface area contributed by atoms with Crippen LogP contribution in [-0.4, -0.2) is 19.5 Å². The quantitative estimate of drug-likeness (QED) is 0.764. The highest BCUT2D eigenvalue weighted by molar-refractivity contribution is 9.09. The van der Waals surface area contributed by atoms with Gasteiger partial charge in [0.15, 0.2) is 11.5 Å². The Balaban J connectivity index is 2.98. The Morgan fingerprint density at radius 2 is 1.94 bits per heavy atom. The first-order valence-corrected chi connectivity index (χ1v) is 6.30. The van der Waals surface area contributed by atoms with Crippen molar-refractivity contribution in [1.29, 1.82) is 0 Å². The van der Waals surface area contributed by atoms with Crippen molar-refractivity contribution >= 4 is 21.5 Å². The molecule has 88 valence electrons. The summed E-state index contributed by atoms with van der Waals surface area (Å²) in [5.41, 5.74) is 2.42. The molecule has 1 aromatic rings. The lowest BCUT2D eigenvalue weighted by Gasteiger charge is -2.09. The molecule has 0 fully saturated rings. The minimum atomic E-state index is 0.763. The van der Waals surface area contributed by atoms with E-state index in [2.05, 4.69) is 28.9 Å². The third-order valence-electron chi connectivity index (χ3n) is 2.40. The molecule has 0 unspecified atom stereocenters. The van der Waals surface area contributed by atoms with Gasteiger partial charge in [0, 0.05) is 5.33 Å². The van der Waals surface area contributed by atoms with Crippen LogP contribution < -0.4 is 9.47 Å². The molecule has 0 aliphatic heterocycles. The number of halogens is 1. The lowest BCUT2D eigenvalue weighted by Crippen LogP contribution is -1.91. The maximum atomic E-state index is 5.27. The molecule has 0 radical (unpaired) electrons. The van der Waals surface area contributed by atoms with Gasteiger partial charge in [-0.1, -0.05) is 28.1 Å². The van der Waals surface area contributed by atoms with Crippen molar-refractivity contribution in [3.8, 4) is 11.5 Å². The van der Waals surface area contributed by atoms with Crippen molar-refractivity contribution in [1.82, 2.24) is 0 Å². The summed E-state index contributed by atoms with van der Waals surface area (Å²) in [6.07, 6.45) is 3.23. The Morgan fingerprint density at radius 1 is 1.25 bits per heavy atom. The van der Waals surface area contributed by atoms with Gasteiger partial charge in [0.1, 0.15) is 0 Å². The fourth-order valence-electron chi connectivity index (χ4n) is 1.47. The normalized spacial score (nSPS) is 11.4. The van der Waals surface area contributed by atoms with E-state index in [0.29, 0.717) is 0 Å². The second-order valence-electron chi connectivity index (χ2n) is 3.43. The highest BCUT2D eigenvalue weighted by Gasteiger charge is 2.05. The number of benzene rings is 1. The zero-order chi connectivity index (χ0) is 12.0. The highest BCUT2D eigenvalue weighted by Crippen LogP contribution is 2.30. The maximum absolute atomic E-state index is 5.27. The first-order valence-electron chi connectivity index (χ1n) is 5.18. The van der Waals surface area contributed by atoms with Gasteiger partial charge in [0.25, 0.3) is 0 Å². The van der Waals surface area contributed by atoms with Crippen molar-refractivity contribution in [3.63, 3.8) is 0 Å². The molecule has 2 nitrogen and oxygen atoms in total. The Hall–Kier alpha value is -0.960. The molecule has 0 spiro atoms. The summed E-state index contributed by atoms with van der Waals surface area (Å²) in [4.78, 5) is 0. The van der Waals surface area contributed by atoms with Gasteiger partial charge in [0.2, 0.25) is 0 Å². The minimum absolute atomic E-state index is 0.763. The molecular formula is C13H17BrO2. The largest absolute Gasteiger partial charge is 0.493 e. The molecule has 0 amide bonds. The smallest absolute Gasteiger partial charge is 0.161 e. The summed E-state index contributed by atoms with van der Waals surface area (Å²) < 4.78 is 10.5. The fourth-order valence-corrected chi connectivity index (χ4v) is 1.70. The van der Waals surface area contributed by atoms with Gasteiger partial charge >= 0.3 is 0 Å². The second kappa shape index (κ2) is 6.59. The van der Waals surface area contributed by atoms with Gasteiger partial charge in [-0.2, -0.15) is 0 Å². The SMILES string of the molecule is COc1ccc(C(C)=CCCBr)cc1OC. The molecule has 1 aromatic carbocycles. The molecule has 3 heteroatoms. The summed E-state index contributed by atoms with van der Waals surface area (Å²) in [7, 11) is 3.30. The molecule has 0 saturated carbocycles. The zero-order valence-corrected chi connectivity index (χ0v) is 11.5. The molecule has 0 aliphatic rings. The van der Waals surface area contributed by atoms with Gasteiger partial charge in [-0.25, -0.2) is 0 Å². The zero-order valence-electron chi connectivity index (χ0n) is 9.92. The predicted octanol–water partition coefficient (Wildman–Crippen LogP) is 3.89. The van der Waals surface area contributed by atoms with Crippen molar-refractivity contribution in [3.05, 3.63) is 29.8 Å². The van der Waals surface area contributed by atoms with E-state index in [9.17, 15) is 0 Å². The molecule has 16 heavy (non-hydrogen) atoms. The summed E-state index contributed by atoms with van der Waals surface area (Å²) in [5.74, 6) is 1.53. The first kappa shape index (κ1) is 13.1. The number of rotatable bonds is 5. The van der Waals surface area contributed by atoms with Crippen LogP contribution in [-0.2, 0) is 0 Å². The van der Waals surface area contributed by atoms with Crippen molar-refractivity contribution in [2.45, 2.75) is 13.3 Å². The van der Waals surface area contributed by atoms with Crippen molar-refractivity contribution < 1.29 is 9.47 Å². The Kier molecular flexibility index (Phi) is 5.39. The van der Waals surface area contributed by atoms with Crippen LogP contribution in [0.5, 0.6) is 11.5 Å². The lowest BCUT2D eigenvalue weighted by molar-refractivity contribution is 0.355. The molecule has 0 heterocycles. The van der Waals surface area contributed by atoms with Crippen molar-refractivity contribution in [2.24, 2.45) is 0 Å². The van der Waals surface area contributed by atoms with Crippen LogP contribution in [0.4, 0.5) is 0 Å². The molecule has 0 aromatic heterocycles. The molecule has 0 bridgehead atoms. The van der Waals surface area contributed by atoms with Gasteiger partial charge in [-0.15, -0.1) is 0 Å². The van der Waals surface area contributed by atoms with Gasteiger partial charge in [0.05, 0.1) is 14.2 Å². The van der Waals surface area contributed by atoms with Gasteiger partial charge in [-0.3, -0.25) is 0 Å². The van der Waals surface area contributed by atoms with Gasteiger partial charge in [-0.05, 0) is 36.6 Å². The van der Waals surface area contributed by atoms with E-state index in [1.54, 1.807) is 14.2 Å². The van der Waals surface area contributed by atoms with Crippen LogP contribution in [0.3, 0.4) is 0 Å². The summed E-state index contributed by atoms with van der Waals surface area (Å²) >= 11 is 3.41. The van der Waals surface area contributed by atoms with Crippen LogP contribution in [0.15, 0.2) is 24.3 Å². The van der Waals surface area contributed by atoms with Crippen LogP contribution in [0, 0.1) is 0 Å². The van der Waals surface area contributed by atoms with E-state index in [1.165, 1.54) is 11.1 Å². The number of ether oxygens (including phenoxy) is 2. The highest BCUT2D eigenvalue weighted by atomic mass is 79.9. The predicted molar refractivity (Wildman–Crippen MR) is 71.6 cm³/mol. The second-order valence-corrected chi connectivity index (χ2v) is 4.23. The molecular weight excluding hydrogens is 268 g/mol. The van der Waals surface area contributed by atoms with Crippen LogP contribution in [0.1, 0.15) is 18.9 Å². The summed E-state index contributed by atoms with van der Waals surface area (Å²) in [5, 5.41) is 0.984. The Morgan fingerprint density at radius 3 is 2.50 bits per heavy atom. The Labute approximate surface area is 105 Å². The first-order chi connectivity index (χ1) is 7.72. The van der Waals surface area contributed by atoms with Crippen LogP contribution in [0.25, 0.3) is 5.57 Å². The fraction of sp³-hybridized carbons (Fsp3) is 0.385. The van der Waals surface area contributed by atoms with E-state index in [0.717, 1.165) is 23.2 Å². The van der Waals surface area contributed by atoms with E-state index >= 15 is 0 Å². The van der Waals surface area contributed by atoms with Gasteiger partial charge < -0.3 is 9.47 Å². The maximum Gasteiger partial charge on any atom is 0.161 e. The van der Waals surface area contributed by atoms with E-state index in [4.69, 9.17) is 9.47 Å².